The standard InChI is InChI=1S/C15H20N2/c1-11-7-6-8-12-13(11)17-14(16-12)15(2)9-4-3-5-10-15/h6-8H,3-5,9-10H2,1-2H3,(H,16,17). The summed E-state index contributed by atoms with van der Waals surface area (Å²) >= 11 is 0. The molecule has 1 saturated carbocycles. The minimum Gasteiger partial charge on any atom is -0.342 e. The van der Waals surface area contributed by atoms with Crippen molar-refractivity contribution in [3.8, 4) is 0 Å². The molecule has 90 valence electrons. The molecule has 0 radical (unpaired) electrons. The van der Waals surface area contributed by atoms with Gasteiger partial charge in [-0.2, -0.15) is 0 Å². The molecule has 0 amide bonds. The van der Waals surface area contributed by atoms with Crippen molar-refractivity contribution in [3.63, 3.8) is 0 Å². The average Bonchev–Trinajstić information content (AvgIpc) is 2.76. The van der Waals surface area contributed by atoms with Crippen LogP contribution in [0.5, 0.6) is 0 Å². The van der Waals surface area contributed by atoms with E-state index in [0.29, 0.717) is 0 Å². The van der Waals surface area contributed by atoms with Crippen LogP contribution in [0.4, 0.5) is 0 Å². The summed E-state index contributed by atoms with van der Waals surface area (Å²) in [6.45, 7) is 4.50. The van der Waals surface area contributed by atoms with Crippen LogP contribution in [0, 0.1) is 6.92 Å². The fraction of sp³-hybridized carbons (Fsp3) is 0.533. The van der Waals surface area contributed by atoms with Crippen molar-refractivity contribution < 1.29 is 0 Å². The van der Waals surface area contributed by atoms with Crippen LogP contribution in [0.1, 0.15) is 50.4 Å². The lowest BCUT2D eigenvalue weighted by Crippen LogP contribution is -2.26. The fourth-order valence-corrected chi connectivity index (χ4v) is 3.03. The smallest absolute Gasteiger partial charge is 0.113 e. The minimum atomic E-state index is 0.268. The third kappa shape index (κ3) is 1.76. The minimum absolute atomic E-state index is 0.268. The van der Waals surface area contributed by atoms with Crippen molar-refractivity contribution in [1.82, 2.24) is 9.97 Å². The zero-order chi connectivity index (χ0) is 11.9. The molecule has 2 heteroatoms. The maximum atomic E-state index is 4.85. The lowest BCUT2D eigenvalue weighted by Gasteiger charge is -2.31. The van der Waals surface area contributed by atoms with Gasteiger partial charge < -0.3 is 4.98 Å². The summed E-state index contributed by atoms with van der Waals surface area (Å²) in [4.78, 5) is 8.39. The summed E-state index contributed by atoms with van der Waals surface area (Å²) in [7, 11) is 0. The van der Waals surface area contributed by atoms with Crippen LogP contribution < -0.4 is 0 Å². The van der Waals surface area contributed by atoms with E-state index in [1.54, 1.807) is 0 Å². The molecular weight excluding hydrogens is 208 g/mol. The summed E-state index contributed by atoms with van der Waals surface area (Å²) in [5.74, 6) is 1.20. The first-order valence-electron chi connectivity index (χ1n) is 6.65. The lowest BCUT2D eigenvalue weighted by atomic mass is 9.75. The van der Waals surface area contributed by atoms with Gasteiger partial charge in [0, 0.05) is 5.41 Å². The molecule has 1 aliphatic rings. The molecule has 2 aromatic rings. The predicted molar refractivity (Wildman–Crippen MR) is 71.3 cm³/mol. The molecule has 0 spiro atoms. The fourth-order valence-electron chi connectivity index (χ4n) is 3.03. The van der Waals surface area contributed by atoms with Gasteiger partial charge in [0.2, 0.25) is 0 Å². The topological polar surface area (TPSA) is 28.7 Å². The third-order valence-electron chi connectivity index (χ3n) is 4.24. The quantitative estimate of drug-likeness (QED) is 0.782. The second kappa shape index (κ2) is 3.86. The highest BCUT2D eigenvalue weighted by molar-refractivity contribution is 5.78. The third-order valence-corrected chi connectivity index (χ3v) is 4.24. The van der Waals surface area contributed by atoms with Crippen LogP contribution in [0.2, 0.25) is 0 Å². The summed E-state index contributed by atoms with van der Waals surface area (Å²) < 4.78 is 0. The van der Waals surface area contributed by atoms with Gasteiger partial charge in [-0.1, -0.05) is 38.3 Å². The number of hydrogen-bond acceptors (Lipinski definition) is 1. The summed E-state index contributed by atoms with van der Waals surface area (Å²) in [5.41, 5.74) is 3.87. The van der Waals surface area contributed by atoms with Gasteiger partial charge in [-0.3, -0.25) is 0 Å². The number of aromatic amines is 1. The van der Waals surface area contributed by atoms with E-state index in [2.05, 4.69) is 37.0 Å². The number of aromatic nitrogens is 2. The van der Waals surface area contributed by atoms with Crippen molar-refractivity contribution in [1.29, 1.82) is 0 Å². The molecule has 1 fully saturated rings. The van der Waals surface area contributed by atoms with Crippen LogP contribution in [0.15, 0.2) is 18.2 Å². The van der Waals surface area contributed by atoms with Crippen LogP contribution in [0.25, 0.3) is 11.0 Å². The highest BCUT2D eigenvalue weighted by atomic mass is 14.9. The maximum Gasteiger partial charge on any atom is 0.113 e. The Morgan fingerprint density at radius 2 is 1.94 bits per heavy atom. The molecule has 2 nitrogen and oxygen atoms in total. The van der Waals surface area contributed by atoms with E-state index in [-0.39, 0.29) is 5.41 Å². The largest absolute Gasteiger partial charge is 0.342 e. The normalized spacial score (nSPS) is 19.6. The predicted octanol–water partition coefficient (Wildman–Crippen LogP) is 4.09. The molecule has 0 unspecified atom stereocenters. The summed E-state index contributed by atoms with van der Waals surface area (Å²) in [5, 5.41) is 0. The Morgan fingerprint density at radius 3 is 2.65 bits per heavy atom. The van der Waals surface area contributed by atoms with Gasteiger partial charge >= 0.3 is 0 Å². The summed E-state index contributed by atoms with van der Waals surface area (Å²) in [6.07, 6.45) is 6.60. The molecule has 17 heavy (non-hydrogen) atoms. The number of fused-ring (bicyclic) bond motifs is 1. The van der Waals surface area contributed by atoms with E-state index in [9.17, 15) is 0 Å². The van der Waals surface area contributed by atoms with Crippen molar-refractivity contribution in [2.24, 2.45) is 0 Å². The van der Waals surface area contributed by atoms with Crippen LogP contribution in [-0.2, 0) is 5.41 Å². The summed E-state index contributed by atoms with van der Waals surface area (Å²) in [6, 6.07) is 6.37. The number of imidazole rings is 1. The van der Waals surface area contributed by atoms with Gasteiger partial charge in [0.15, 0.2) is 0 Å². The molecule has 1 N–H and O–H groups in total. The highest BCUT2D eigenvalue weighted by Crippen LogP contribution is 2.38. The second-order valence-electron chi connectivity index (χ2n) is 5.68. The number of nitrogens with zero attached hydrogens (tertiary/aromatic N) is 1. The maximum absolute atomic E-state index is 4.85. The molecule has 1 aromatic carbocycles. The number of rotatable bonds is 1. The van der Waals surface area contributed by atoms with Crippen molar-refractivity contribution >= 4 is 11.0 Å². The molecule has 0 saturated heterocycles. The van der Waals surface area contributed by atoms with E-state index < -0.39 is 0 Å². The van der Waals surface area contributed by atoms with Gasteiger partial charge in [0.25, 0.3) is 0 Å². The SMILES string of the molecule is Cc1cccc2[nH]c(C3(C)CCCCC3)nc12. The van der Waals surface area contributed by atoms with E-state index in [0.717, 1.165) is 5.52 Å². The van der Waals surface area contributed by atoms with E-state index in [1.807, 2.05) is 0 Å². The Balaban J connectivity index is 2.08. The lowest BCUT2D eigenvalue weighted by molar-refractivity contribution is 0.306. The van der Waals surface area contributed by atoms with Gasteiger partial charge in [-0.05, 0) is 31.4 Å². The zero-order valence-electron chi connectivity index (χ0n) is 10.7. The van der Waals surface area contributed by atoms with Crippen LogP contribution in [0.3, 0.4) is 0 Å². The molecule has 0 atom stereocenters. The first-order chi connectivity index (χ1) is 8.19. The zero-order valence-corrected chi connectivity index (χ0v) is 10.7. The Bertz CT molecular complexity index is 533. The number of hydrogen-bond donors (Lipinski definition) is 1. The first kappa shape index (κ1) is 10.8. The van der Waals surface area contributed by atoms with Gasteiger partial charge in [0.05, 0.1) is 11.0 Å². The molecule has 3 rings (SSSR count). The number of benzene rings is 1. The molecule has 1 aromatic heterocycles. The highest BCUT2D eigenvalue weighted by Gasteiger charge is 2.31. The Labute approximate surface area is 102 Å². The van der Waals surface area contributed by atoms with Gasteiger partial charge in [-0.25, -0.2) is 4.98 Å². The molecule has 0 aliphatic heterocycles. The van der Waals surface area contributed by atoms with Gasteiger partial charge in [0.1, 0.15) is 5.82 Å². The number of aryl methyl sites for hydroxylation is 1. The Morgan fingerprint density at radius 1 is 1.18 bits per heavy atom. The number of para-hydroxylation sites is 1. The van der Waals surface area contributed by atoms with Crippen LogP contribution >= 0.6 is 0 Å². The Kier molecular flexibility index (Phi) is 2.46. The van der Waals surface area contributed by atoms with E-state index in [1.165, 1.54) is 49.0 Å². The van der Waals surface area contributed by atoms with Crippen molar-refractivity contribution in [2.45, 2.75) is 51.4 Å². The van der Waals surface area contributed by atoms with Crippen LogP contribution in [-0.4, -0.2) is 9.97 Å². The average molecular weight is 228 g/mol. The second-order valence-corrected chi connectivity index (χ2v) is 5.68. The van der Waals surface area contributed by atoms with E-state index >= 15 is 0 Å². The van der Waals surface area contributed by atoms with E-state index in [4.69, 9.17) is 4.98 Å². The Hall–Kier alpha value is -1.31. The molecule has 1 heterocycles. The monoisotopic (exact) mass is 228 g/mol. The van der Waals surface area contributed by atoms with Gasteiger partial charge in [-0.15, -0.1) is 0 Å². The van der Waals surface area contributed by atoms with Crippen molar-refractivity contribution in [2.75, 3.05) is 0 Å². The number of nitrogens with one attached hydrogen (secondary N) is 1. The molecular formula is C15H20N2. The first-order valence-corrected chi connectivity index (χ1v) is 6.65. The molecule has 1 aliphatic carbocycles. The molecule has 0 bridgehead atoms. The number of H-pyrrole nitrogens is 1. The van der Waals surface area contributed by atoms with Crippen molar-refractivity contribution in [3.05, 3.63) is 29.6 Å².